The summed E-state index contributed by atoms with van der Waals surface area (Å²) in [6.45, 7) is 13.0. The van der Waals surface area contributed by atoms with Gasteiger partial charge in [-0.2, -0.15) is 0 Å². The molecular weight excluding hydrogens is 236 g/mol. The van der Waals surface area contributed by atoms with Crippen LogP contribution < -0.4 is 5.32 Å². The van der Waals surface area contributed by atoms with Gasteiger partial charge in [-0.15, -0.1) is 0 Å². The molecule has 19 heavy (non-hydrogen) atoms. The van der Waals surface area contributed by atoms with E-state index in [-0.39, 0.29) is 12.1 Å². The Bertz CT molecular complexity index is 256. The summed E-state index contributed by atoms with van der Waals surface area (Å²) in [4.78, 5) is 2.58. The average molecular weight is 270 g/mol. The summed E-state index contributed by atoms with van der Waals surface area (Å²) in [6.07, 6.45) is 5.01. The Hall–Kier alpha value is -0.120. The summed E-state index contributed by atoms with van der Waals surface area (Å²) in [5.41, 5.74) is 0.316. The van der Waals surface area contributed by atoms with E-state index in [0.717, 1.165) is 18.9 Å². The largest absolute Gasteiger partial charge is 0.394 e. The molecule has 3 heteroatoms. The second-order valence-corrected chi connectivity index (χ2v) is 7.55. The molecule has 3 nitrogen and oxygen atoms in total. The number of aliphatic hydroxyl groups is 1. The number of aliphatic hydroxyl groups excluding tert-OH is 1. The molecule has 1 aliphatic heterocycles. The van der Waals surface area contributed by atoms with Crippen molar-refractivity contribution in [3.8, 4) is 0 Å². The predicted molar refractivity (Wildman–Crippen MR) is 82.4 cm³/mol. The molecule has 1 heterocycles. The number of likely N-dealkylation sites (tertiary alicyclic amines) is 1. The van der Waals surface area contributed by atoms with Crippen molar-refractivity contribution < 1.29 is 5.11 Å². The Morgan fingerprint density at radius 1 is 1.16 bits per heavy atom. The third-order valence-electron chi connectivity index (χ3n) is 4.98. The first-order valence-corrected chi connectivity index (χ1v) is 7.83. The van der Waals surface area contributed by atoms with Crippen molar-refractivity contribution in [1.82, 2.24) is 10.2 Å². The molecule has 0 aromatic carbocycles. The lowest BCUT2D eigenvalue weighted by atomic mass is 9.77. The van der Waals surface area contributed by atoms with Gasteiger partial charge in [0.05, 0.1) is 6.61 Å². The molecule has 0 aromatic heterocycles. The first-order valence-electron chi connectivity index (χ1n) is 7.83. The quantitative estimate of drug-likeness (QED) is 0.806. The van der Waals surface area contributed by atoms with Crippen LogP contribution in [0.5, 0.6) is 0 Å². The normalized spacial score (nSPS) is 25.9. The van der Waals surface area contributed by atoms with E-state index in [1.54, 1.807) is 0 Å². The van der Waals surface area contributed by atoms with Gasteiger partial charge in [0.15, 0.2) is 0 Å². The van der Waals surface area contributed by atoms with E-state index in [4.69, 9.17) is 0 Å². The smallest absolute Gasteiger partial charge is 0.0610 e. The number of hydrogen-bond acceptors (Lipinski definition) is 3. The lowest BCUT2D eigenvalue weighted by Crippen LogP contribution is -2.46. The number of likely N-dealkylation sites (N-methyl/N-ethyl adjacent to an activating group) is 1. The summed E-state index contributed by atoms with van der Waals surface area (Å²) in [7, 11) is 1.94. The fourth-order valence-corrected chi connectivity index (χ4v) is 2.93. The third-order valence-corrected chi connectivity index (χ3v) is 4.98. The van der Waals surface area contributed by atoms with Crippen LogP contribution in [0.4, 0.5) is 0 Å². The molecule has 2 unspecified atom stereocenters. The van der Waals surface area contributed by atoms with Gasteiger partial charge in [0.1, 0.15) is 0 Å². The second-order valence-electron chi connectivity index (χ2n) is 7.55. The zero-order valence-electron chi connectivity index (χ0n) is 13.6. The maximum absolute atomic E-state index is 9.44. The van der Waals surface area contributed by atoms with Crippen LogP contribution in [-0.2, 0) is 0 Å². The number of nitrogens with zero attached hydrogens (tertiary/aromatic N) is 1. The first-order chi connectivity index (χ1) is 8.80. The minimum Gasteiger partial charge on any atom is -0.394 e. The van der Waals surface area contributed by atoms with E-state index >= 15 is 0 Å². The minimum absolute atomic E-state index is 0.129. The van der Waals surface area contributed by atoms with Gasteiger partial charge in [-0.25, -0.2) is 0 Å². The Balaban J connectivity index is 2.41. The summed E-state index contributed by atoms with van der Waals surface area (Å²) in [6, 6.07) is 0. The highest BCUT2D eigenvalue weighted by molar-refractivity contribution is 4.83. The molecule has 0 saturated carbocycles. The highest BCUT2D eigenvalue weighted by atomic mass is 16.3. The fraction of sp³-hybridized carbons (Fsp3) is 1.00. The van der Waals surface area contributed by atoms with E-state index in [2.05, 4.69) is 37.9 Å². The molecule has 1 fully saturated rings. The van der Waals surface area contributed by atoms with Crippen LogP contribution in [-0.4, -0.2) is 48.8 Å². The van der Waals surface area contributed by atoms with E-state index in [1.165, 1.54) is 32.4 Å². The van der Waals surface area contributed by atoms with Crippen molar-refractivity contribution in [2.45, 2.75) is 58.9 Å². The summed E-state index contributed by atoms with van der Waals surface area (Å²) in [5, 5.41) is 12.7. The third kappa shape index (κ3) is 5.41. The number of rotatable bonds is 5. The summed E-state index contributed by atoms with van der Waals surface area (Å²) in [5.74, 6) is 0.853. The molecule has 1 saturated heterocycles. The molecule has 0 radical (unpaired) electrons. The molecule has 0 aromatic rings. The van der Waals surface area contributed by atoms with Gasteiger partial charge in [-0.05, 0) is 70.6 Å². The molecule has 0 spiro atoms. The molecular formula is C16H34N2O. The van der Waals surface area contributed by atoms with E-state index in [1.807, 2.05) is 7.05 Å². The van der Waals surface area contributed by atoms with Gasteiger partial charge < -0.3 is 15.3 Å². The monoisotopic (exact) mass is 270 g/mol. The number of hydrogen-bond donors (Lipinski definition) is 2. The molecule has 2 atom stereocenters. The summed E-state index contributed by atoms with van der Waals surface area (Å²) >= 11 is 0. The van der Waals surface area contributed by atoms with Crippen molar-refractivity contribution in [3.63, 3.8) is 0 Å². The molecule has 2 N–H and O–H groups in total. The van der Waals surface area contributed by atoms with Gasteiger partial charge in [-0.1, -0.05) is 20.8 Å². The van der Waals surface area contributed by atoms with Crippen LogP contribution >= 0.6 is 0 Å². The highest BCUT2D eigenvalue weighted by Crippen LogP contribution is 2.34. The van der Waals surface area contributed by atoms with Gasteiger partial charge in [0.25, 0.3) is 0 Å². The van der Waals surface area contributed by atoms with Gasteiger partial charge in [0.2, 0.25) is 0 Å². The van der Waals surface area contributed by atoms with E-state index in [9.17, 15) is 5.11 Å². The molecule has 0 amide bonds. The Labute approximate surface area is 119 Å². The Morgan fingerprint density at radius 3 is 2.37 bits per heavy atom. The Morgan fingerprint density at radius 2 is 1.84 bits per heavy atom. The van der Waals surface area contributed by atoms with Gasteiger partial charge in [0, 0.05) is 5.54 Å². The lowest BCUT2D eigenvalue weighted by molar-refractivity contribution is 0.150. The van der Waals surface area contributed by atoms with E-state index < -0.39 is 0 Å². The van der Waals surface area contributed by atoms with Crippen LogP contribution in [0.15, 0.2) is 0 Å². The average Bonchev–Trinajstić information content (AvgIpc) is 2.61. The van der Waals surface area contributed by atoms with Crippen LogP contribution in [0.25, 0.3) is 0 Å². The fourth-order valence-electron chi connectivity index (χ4n) is 2.93. The molecule has 0 aliphatic carbocycles. The summed E-state index contributed by atoms with van der Waals surface area (Å²) < 4.78 is 0. The number of nitrogens with one attached hydrogen (secondary N) is 1. The van der Waals surface area contributed by atoms with Crippen molar-refractivity contribution >= 4 is 0 Å². The van der Waals surface area contributed by atoms with Gasteiger partial charge in [-0.3, -0.25) is 0 Å². The molecule has 1 rings (SSSR count). The van der Waals surface area contributed by atoms with Crippen LogP contribution in [0.2, 0.25) is 0 Å². The SMILES string of the molecule is CNC(C)(CO)CCN1CCCC(C(C)(C)C)CC1. The van der Waals surface area contributed by atoms with Crippen LogP contribution in [0.3, 0.4) is 0 Å². The maximum Gasteiger partial charge on any atom is 0.0610 e. The van der Waals surface area contributed by atoms with Crippen molar-refractivity contribution in [3.05, 3.63) is 0 Å². The lowest BCUT2D eigenvalue weighted by Gasteiger charge is -2.31. The predicted octanol–water partition coefficient (Wildman–Crippen LogP) is 2.50. The van der Waals surface area contributed by atoms with Crippen molar-refractivity contribution in [2.75, 3.05) is 33.3 Å². The molecule has 0 bridgehead atoms. The standard InChI is InChI=1S/C16H34N2O/c1-15(2,3)14-7-6-10-18(11-8-14)12-9-16(4,13-19)17-5/h14,17,19H,6-13H2,1-5H3. The van der Waals surface area contributed by atoms with Gasteiger partial charge >= 0.3 is 0 Å². The van der Waals surface area contributed by atoms with Crippen molar-refractivity contribution in [2.24, 2.45) is 11.3 Å². The zero-order valence-corrected chi connectivity index (χ0v) is 13.6. The van der Waals surface area contributed by atoms with Crippen LogP contribution in [0.1, 0.15) is 53.4 Å². The highest BCUT2D eigenvalue weighted by Gasteiger charge is 2.28. The van der Waals surface area contributed by atoms with Crippen LogP contribution in [0, 0.1) is 11.3 Å². The zero-order chi connectivity index (χ0) is 14.5. The maximum atomic E-state index is 9.44. The first kappa shape index (κ1) is 16.9. The van der Waals surface area contributed by atoms with E-state index in [0.29, 0.717) is 5.41 Å². The minimum atomic E-state index is -0.129. The molecule has 114 valence electrons. The topological polar surface area (TPSA) is 35.5 Å². The second kappa shape index (κ2) is 7.05. The Kier molecular flexibility index (Phi) is 6.28. The molecule has 1 aliphatic rings. The van der Waals surface area contributed by atoms with Crippen molar-refractivity contribution in [1.29, 1.82) is 0 Å².